The lowest BCUT2D eigenvalue weighted by atomic mass is 9.95. The van der Waals surface area contributed by atoms with Crippen molar-refractivity contribution in [1.82, 2.24) is 0 Å². The maximum absolute atomic E-state index is 11.5. The molecule has 6 heteroatoms. The van der Waals surface area contributed by atoms with Crippen molar-refractivity contribution in [3.05, 3.63) is 32.9 Å². The van der Waals surface area contributed by atoms with Crippen LogP contribution >= 0.6 is 11.8 Å². The highest BCUT2D eigenvalue weighted by molar-refractivity contribution is 8.02. The fourth-order valence-electron chi connectivity index (χ4n) is 2.46. The van der Waals surface area contributed by atoms with Crippen molar-refractivity contribution < 1.29 is 9.66 Å². The molecule has 2 aliphatic rings. The van der Waals surface area contributed by atoms with Crippen LogP contribution in [0.25, 0.3) is 0 Å². The molecule has 0 aromatic carbocycles. The standard InChI is InChI=1S/C13H18N2O3S/c1-13(5-3-6-14-13)12(15(16)17)11(19-2)8-10-4-7-18-9-10/h3,5-6,10H,4,7-9H2,1-2H3. The summed E-state index contributed by atoms with van der Waals surface area (Å²) in [4.78, 5) is 16.2. The average Bonchev–Trinajstić information content (AvgIpc) is 3.00. The number of thioether (sulfide) groups is 1. The molecule has 1 saturated heterocycles. The van der Waals surface area contributed by atoms with E-state index < -0.39 is 5.54 Å². The lowest BCUT2D eigenvalue weighted by Crippen LogP contribution is -2.27. The Bertz CT molecular complexity index is 439. The van der Waals surface area contributed by atoms with Gasteiger partial charge >= 0.3 is 0 Å². The van der Waals surface area contributed by atoms with Crippen molar-refractivity contribution in [1.29, 1.82) is 0 Å². The molecule has 19 heavy (non-hydrogen) atoms. The lowest BCUT2D eigenvalue weighted by molar-refractivity contribution is -0.433. The highest BCUT2D eigenvalue weighted by Gasteiger charge is 2.40. The molecule has 0 saturated carbocycles. The third-order valence-electron chi connectivity index (χ3n) is 3.52. The van der Waals surface area contributed by atoms with Gasteiger partial charge in [0.05, 0.1) is 9.83 Å². The van der Waals surface area contributed by atoms with Crippen molar-refractivity contribution in [3.8, 4) is 0 Å². The highest BCUT2D eigenvalue weighted by Crippen LogP contribution is 2.36. The summed E-state index contributed by atoms with van der Waals surface area (Å²) in [7, 11) is 0. The van der Waals surface area contributed by atoms with Crippen LogP contribution in [0.2, 0.25) is 0 Å². The number of hydrogen-bond donors (Lipinski definition) is 0. The van der Waals surface area contributed by atoms with Crippen LogP contribution in [0.4, 0.5) is 0 Å². The Morgan fingerprint density at radius 3 is 2.95 bits per heavy atom. The highest BCUT2D eigenvalue weighted by atomic mass is 32.2. The third kappa shape index (κ3) is 3.06. The molecule has 0 N–H and O–H groups in total. The summed E-state index contributed by atoms with van der Waals surface area (Å²) < 4.78 is 5.35. The maximum atomic E-state index is 11.5. The van der Waals surface area contributed by atoms with Crippen molar-refractivity contribution in [2.75, 3.05) is 19.5 Å². The molecule has 0 aromatic rings. The topological polar surface area (TPSA) is 64.7 Å². The second-order valence-corrected chi connectivity index (χ2v) is 5.85. The Morgan fingerprint density at radius 2 is 2.47 bits per heavy atom. The second-order valence-electron chi connectivity index (χ2n) is 4.95. The minimum Gasteiger partial charge on any atom is -0.381 e. The van der Waals surface area contributed by atoms with Crippen molar-refractivity contribution in [2.45, 2.75) is 25.3 Å². The molecule has 1 fully saturated rings. The van der Waals surface area contributed by atoms with Gasteiger partial charge in [-0.3, -0.25) is 15.1 Å². The van der Waals surface area contributed by atoms with Crippen LogP contribution in [0.5, 0.6) is 0 Å². The number of nitro groups is 1. The van der Waals surface area contributed by atoms with Crippen molar-refractivity contribution >= 4 is 18.0 Å². The van der Waals surface area contributed by atoms with Crippen LogP contribution in [0, 0.1) is 16.0 Å². The molecule has 0 radical (unpaired) electrons. The Morgan fingerprint density at radius 1 is 1.68 bits per heavy atom. The van der Waals surface area contributed by atoms with E-state index in [0.29, 0.717) is 18.9 Å². The number of allylic oxidation sites excluding steroid dienone is 2. The molecule has 104 valence electrons. The van der Waals surface area contributed by atoms with Gasteiger partial charge in [0.25, 0.3) is 5.70 Å². The Kier molecular flexibility index (Phi) is 4.42. The smallest absolute Gasteiger partial charge is 0.286 e. The zero-order chi connectivity index (χ0) is 13.9. The molecule has 0 bridgehead atoms. The second kappa shape index (κ2) is 5.88. The average molecular weight is 282 g/mol. The van der Waals surface area contributed by atoms with Gasteiger partial charge in [0, 0.05) is 19.4 Å². The fourth-order valence-corrected chi connectivity index (χ4v) is 3.34. The molecule has 2 rings (SSSR count). The van der Waals surface area contributed by atoms with Gasteiger partial charge in [-0.2, -0.15) is 0 Å². The first-order valence-electron chi connectivity index (χ1n) is 6.29. The Labute approximate surface area is 117 Å². The Hall–Kier alpha value is -1.14. The summed E-state index contributed by atoms with van der Waals surface area (Å²) in [6.07, 6.45) is 8.74. The minimum absolute atomic E-state index is 0.205. The summed E-state index contributed by atoms with van der Waals surface area (Å²) in [6.45, 7) is 3.24. The van der Waals surface area contributed by atoms with E-state index >= 15 is 0 Å². The summed E-state index contributed by atoms with van der Waals surface area (Å²) in [6, 6.07) is 0. The maximum Gasteiger partial charge on any atom is 0.286 e. The molecule has 0 aromatic heterocycles. The largest absolute Gasteiger partial charge is 0.381 e. The van der Waals surface area contributed by atoms with Gasteiger partial charge in [-0.1, -0.05) is 0 Å². The first-order valence-corrected chi connectivity index (χ1v) is 7.52. The molecule has 0 aliphatic carbocycles. The van der Waals surface area contributed by atoms with E-state index in [9.17, 15) is 10.1 Å². The van der Waals surface area contributed by atoms with Crippen LogP contribution in [-0.2, 0) is 4.74 Å². The quantitative estimate of drug-likeness (QED) is 0.574. The summed E-state index contributed by atoms with van der Waals surface area (Å²) >= 11 is 1.45. The number of hydrogen-bond acceptors (Lipinski definition) is 5. The van der Waals surface area contributed by atoms with Crippen LogP contribution < -0.4 is 0 Å². The van der Waals surface area contributed by atoms with Gasteiger partial charge in [0.2, 0.25) is 0 Å². The van der Waals surface area contributed by atoms with E-state index in [0.717, 1.165) is 17.9 Å². The lowest BCUT2D eigenvalue weighted by Gasteiger charge is -2.19. The number of ether oxygens (including phenoxy) is 1. The molecule has 5 nitrogen and oxygen atoms in total. The van der Waals surface area contributed by atoms with Gasteiger partial charge in [0.1, 0.15) is 0 Å². The molecular formula is C13H18N2O3S. The van der Waals surface area contributed by atoms with E-state index in [2.05, 4.69) is 4.99 Å². The summed E-state index contributed by atoms with van der Waals surface area (Å²) in [5.74, 6) is 0.385. The van der Waals surface area contributed by atoms with Gasteiger partial charge in [0.15, 0.2) is 5.54 Å². The zero-order valence-corrected chi connectivity index (χ0v) is 12.0. The van der Waals surface area contributed by atoms with E-state index in [-0.39, 0.29) is 10.6 Å². The first kappa shape index (κ1) is 14.3. The van der Waals surface area contributed by atoms with E-state index in [1.165, 1.54) is 11.8 Å². The predicted octanol–water partition coefficient (Wildman–Crippen LogP) is 2.66. The van der Waals surface area contributed by atoms with Gasteiger partial charge in [-0.05, 0) is 44.1 Å². The predicted molar refractivity (Wildman–Crippen MR) is 77.1 cm³/mol. The molecular weight excluding hydrogens is 264 g/mol. The molecule has 0 spiro atoms. The van der Waals surface area contributed by atoms with Crippen LogP contribution in [0.3, 0.4) is 0 Å². The number of rotatable bonds is 5. The molecule has 0 amide bonds. The minimum atomic E-state index is -0.832. The third-order valence-corrected chi connectivity index (χ3v) is 4.37. The van der Waals surface area contributed by atoms with Gasteiger partial charge < -0.3 is 4.74 Å². The van der Waals surface area contributed by atoms with E-state index in [1.807, 2.05) is 6.26 Å². The monoisotopic (exact) mass is 282 g/mol. The zero-order valence-electron chi connectivity index (χ0n) is 11.2. The summed E-state index contributed by atoms with van der Waals surface area (Å²) in [5, 5.41) is 11.5. The normalized spacial score (nSPS) is 30.7. The first-order chi connectivity index (χ1) is 9.07. The van der Waals surface area contributed by atoms with Crippen molar-refractivity contribution in [3.63, 3.8) is 0 Å². The van der Waals surface area contributed by atoms with E-state index in [4.69, 9.17) is 4.74 Å². The van der Waals surface area contributed by atoms with Crippen molar-refractivity contribution in [2.24, 2.45) is 10.9 Å². The molecule has 2 unspecified atom stereocenters. The fraction of sp³-hybridized carbons (Fsp3) is 0.615. The molecule has 2 aliphatic heterocycles. The van der Waals surface area contributed by atoms with Crippen LogP contribution in [0.15, 0.2) is 27.7 Å². The van der Waals surface area contributed by atoms with Gasteiger partial charge in [-0.15, -0.1) is 11.8 Å². The summed E-state index contributed by atoms with van der Waals surface area (Å²) in [5.41, 5.74) is -0.627. The van der Waals surface area contributed by atoms with Crippen LogP contribution in [0.1, 0.15) is 19.8 Å². The molecule has 2 atom stereocenters. The van der Waals surface area contributed by atoms with Gasteiger partial charge in [-0.25, -0.2) is 0 Å². The van der Waals surface area contributed by atoms with Crippen LogP contribution in [-0.4, -0.2) is 36.1 Å². The van der Waals surface area contributed by atoms with E-state index in [1.54, 1.807) is 25.3 Å². The number of nitrogens with zero attached hydrogens (tertiary/aromatic N) is 2. The number of aliphatic imine (C=N–C) groups is 1. The molecule has 2 heterocycles. The SMILES string of the molecule is CSC(CC1CCOC1)=C([N+](=O)[O-])C1(C)C=CC=N1. The Balaban J connectivity index is 2.31.